The molecule has 3 atom stereocenters. The smallest absolute Gasteiger partial charge is 0.306 e. The third-order valence-corrected chi connectivity index (χ3v) is 5.68. The van der Waals surface area contributed by atoms with E-state index < -0.39 is 5.97 Å². The fraction of sp³-hybridized carbons (Fsp3) is 0.765. The summed E-state index contributed by atoms with van der Waals surface area (Å²) in [7, 11) is 0. The maximum Gasteiger partial charge on any atom is 0.306 e. The van der Waals surface area contributed by atoms with Gasteiger partial charge in [-0.1, -0.05) is 12.2 Å². The quantitative estimate of drug-likeness (QED) is 0.765. The van der Waals surface area contributed by atoms with Crippen LogP contribution in [0.3, 0.4) is 0 Å². The lowest BCUT2D eigenvalue weighted by Gasteiger charge is -2.25. The first-order valence-corrected chi connectivity index (χ1v) is 8.32. The summed E-state index contributed by atoms with van der Waals surface area (Å²) in [5.74, 6) is 1.51. The van der Waals surface area contributed by atoms with Crippen LogP contribution in [0.4, 0.5) is 0 Å². The van der Waals surface area contributed by atoms with Gasteiger partial charge in [-0.15, -0.1) is 0 Å². The molecule has 0 radical (unpaired) electrons. The molecular weight excluding hydrogens is 266 g/mol. The highest BCUT2D eigenvalue weighted by Crippen LogP contribution is 2.44. The topological polar surface area (TPSA) is 66.4 Å². The Morgan fingerprint density at radius 3 is 2.33 bits per heavy atom. The van der Waals surface area contributed by atoms with E-state index in [-0.39, 0.29) is 17.7 Å². The molecule has 4 heteroatoms. The van der Waals surface area contributed by atoms with Crippen LogP contribution >= 0.6 is 0 Å². The summed E-state index contributed by atoms with van der Waals surface area (Å²) in [6, 6.07) is 0. The zero-order chi connectivity index (χ0) is 14.8. The molecule has 0 aromatic heterocycles. The van der Waals surface area contributed by atoms with Gasteiger partial charge < -0.3 is 10.4 Å². The van der Waals surface area contributed by atoms with Crippen LogP contribution in [0.5, 0.6) is 0 Å². The Labute approximate surface area is 126 Å². The molecule has 0 saturated heterocycles. The summed E-state index contributed by atoms with van der Waals surface area (Å²) in [5, 5.41) is 12.0. The van der Waals surface area contributed by atoms with Crippen LogP contribution in [0.25, 0.3) is 0 Å². The maximum atomic E-state index is 12.1. The minimum absolute atomic E-state index is 0.0283. The molecule has 0 aromatic carbocycles. The zero-order valence-corrected chi connectivity index (χ0v) is 12.5. The molecule has 2 bridgehead atoms. The molecule has 0 unspecified atom stereocenters. The van der Waals surface area contributed by atoms with Gasteiger partial charge in [-0.3, -0.25) is 9.59 Å². The standard InChI is InChI=1S/C17H25NO3/c19-16(12-3-5-13(6-4-12)17(20)21)18-8-7-15-10-11-1-2-14(15)9-11/h1-2,11-15H,3-10H2,(H,18,19)(H,20,21)/t11-,12?,13?,14+,15-/m1/s1. The molecule has 1 amide bonds. The van der Waals surface area contributed by atoms with Crippen LogP contribution in [0.15, 0.2) is 12.2 Å². The molecule has 3 rings (SSSR count). The first kappa shape index (κ1) is 14.6. The number of nitrogens with one attached hydrogen (secondary N) is 1. The van der Waals surface area contributed by atoms with Gasteiger partial charge in [0.25, 0.3) is 0 Å². The van der Waals surface area contributed by atoms with Gasteiger partial charge >= 0.3 is 5.97 Å². The minimum Gasteiger partial charge on any atom is -0.481 e. The highest BCUT2D eigenvalue weighted by molar-refractivity contribution is 5.79. The van der Waals surface area contributed by atoms with Gasteiger partial charge in [-0.05, 0) is 62.7 Å². The Kier molecular flexibility index (Phi) is 4.32. The number of allylic oxidation sites excluding steroid dienone is 2. The second-order valence-corrected chi connectivity index (χ2v) is 7.01. The number of hydrogen-bond donors (Lipinski definition) is 2. The summed E-state index contributed by atoms with van der Waals surface area (Å²) >= 11 is 0. The third-order valence-electron chi connectivity index (χ3n) is 5.68. The van der Waals surface area contributed by atoms with Crippen molar-refractivity contribution in [3.8, 4) is 0 Å². The summed E-state index contributed by atoms with van der Waals surface area (Å²) in [4.78, 5) is 23.0. The first-order chi connectivity index (χ1) is 10.1. The predicted octanol–water partition coefficient (Wildman–Crippen LogP) is 2.60. The number of carboxylic acids is 1. The van der Waals surface area contributed by atoms with Gasteiger partial charge in [-0.25, -0.2) is 0 Å². The highest BCUT2D eigenvalue weighted by atomic mass is 16.4. The Bertz CT molecular complexity index is 437. The monoisotopic (exact) mass is 291 g/mol. The van der Waals surface area contributed by atoms with Crippen LogP contribution in [0, 0.1) is 29.6 Å². The Hall–Kier alpha value is -1.32. The molecule has 0 heterocycles. The molecule has 3 aliphatic rings. The number of rotatable bonds is 5. The molecule has 0 spiro atoms. The van der Waals surface area contributed by atoms with Gasteiger partial charge in [0.1, 0.15) is 0 Å². The molecule has 0 aliphatic heterocycles. The lowest BCUT2D eigenvalue weighted by atomic mass is 9.81. The number of carboxylic acid groups (broad SMARTS) is 1. The van der Waals surface area contributed by atoms with Gasteiger partial charge in [-0.2, -0.15) is 0 Å². The van der Waals surface area contributed by atoms with Gasteiger partial charge in [0.2, 0.25) is 5.91 Å². The van der Waals surface area contributed by atoms with Crippen LogP contribution in [0.1, 0.15) is 44.9 Å². The van der Waals surface area contributed by atoms with Crippen LogP contribution in [0.2, 0.25) is 0 Å². The van der Waals surface area contributed by atoms with Gasteiger partial charge in [0.05, 0.1) is 5.92 Å². The van der Waals surface area contributed by atoms with E-state index in [2.05, 4.69) is 17.5 Å². The molecule has 21 heavy (non-hydrogen) atoms. The molecule has 0 aromatic rings. The van der Waals surface area contributed by atoms with Crippen LogP contribution in [-0.2, 0) is 9.59 Å². The second kappa shape index (κ2) is 6.20. The first-order valence-electron chi connectivity index (χ1n) is 8.32. The minimum atomic E-state index is -0.710. The maximum absolute atomic E-state index is 12.1. The van der Waals surface area contributed by atoms with Crippen molar-refractivity contribution < 1.29 is 14.7 Å². The number of fused-ring (bicyclic) bond motifs is 2. The molecule has 2 saturated carbocycles. The van der Waals surface area contributed by atoms with Crippen molar-refractivity contribution in [3.63, 3.8) is 0 Å². The number of aliphatic carboxylic acids is 1. The molecule has 2 N–H and O–H groups in total. The van der Waals surface area contributed by atoms with E-state index in [0.717, 1.165) is 43.6 Å². The third kappa shape index (κ3) is 3.30. The van der Waals surface area contributed by atoms with Gasteiger partial charge in [0.15, 0.2) is 0 Å². The predicted molar refractivity (Wildman–Crippen MR) is 79.6 cm³/mol. The Morgan fingerprint density at radius 2 is 1.76 bits per heavy atom. The van der Waals surface area contributed by atoms with Crippen molar-refractivity contribution in [2.75, 3.05) is 6.54 Å². The second-order valence-electron chi connectivity index (χ2n) is 7.01. The average Bonchev–Trinajstić information content (AvgIpc) is 3.10. The summed E-state index contributed by atoms with van der Waals surface area (Å²) < 4.78 is 0. The van der Waals surface area contributed by atoms with E-state index >= 15 is 0 Å². The van der Waals surface area contributed by atoms with E-state index in [1.165, 1.54) is 12.8 Å². The van der Waals surface area contributed by atoms with Gasteiger partial charge in [0, 0.05) is 12.5 Å². The molecule has 3 aliphatic carbocycles. The van der Waals surface area contributed by atoms with Crippen molar-refractivity contribution in [1.29, 1.82) is 0 Å². The van der Waals surface area contributed by atoms with E-state index in [4.69, 9.17) is 5.11 Å². The van der Waals surface area contributed by atoms with E-state index in [0.29, 0.717) is 12.8 Å². The lowest BCUT2D eigenvalue weighted by Crippen LogP contribution is -2.35. The SMILES string of the molecule is O=C(O)C1CCC(C(=O)NCC[C@@H]2C[C@@H]3C=C[C@H]2C3)CC1. The van der Waals surface area contributed by atoms with Crippen molar-refractivity contribution in [1.82, 2.24) is 5.32 Å². The highest BCUT2D eigenvalue weighted by Gasteiger charge is 2.35. The number of hydrogen-bond acceptors (Lipinski definition) is 2. The fourth-order valence-corrected chi connectivity index (χ4v) is 4.35. The summed E-state index contributed by atoms with van der Waals surface area (Å²) in [5.41, 5.74) is 0. The lowest BCUT2D eigenvalue weighted by molar-refractivity contribution is -0.144. The van der Waals surface area contributed by atoms with Crippen LogP contribution in [-0.4, -0.2) is 23.5 Å². The molecule has 116 valence electrons. The Balaban J connectivity index is 1.35. The van der Waals surface area contributed by atoms with E-state index in [9.17, 15) is 9.59 Å². The van der Waals surface area contributed by atoms with E-state index in [1.807, 2.05) is 0 Å². The van der Waals surface area contributed by atoms with Crippen molar-refractivity contribution in [2.24, 2.45) is 29.6 Å². The van der Waals surface area contributed by atoms with Crippen molar-refractivity contribution in [2.45, 2.75) is 44.9 Å². The summed E-state index contributed by atoms with van der Waals surface area (Å²) in [6.07, 6.45) is 11.1. The summed E-state index contributed by atoms with van der Waals surface area (Å²) in [6.45, 7) is 0.777. The Morgan fingerprint density at radius 1 is 1.05 bits per heavy atom. The number of amides is 1. The van der Waals surface area contributed by atoms with Crippen LogP contribution < -0.4 is 5.32 Å². The molecule has 2 fully saturated rings. The average molecular weight is 291 g/mol. The normalized spacial score (nSPS) is 37.6. The van der Waals surface area contributed by atoms with E-state index in [1.54, 1.807) is 0 Å². The number of carbonyl (C=O) groups excluding carboxylic acids is 1. The zero-order valence-electron chi connectivity index (χ0n) is 12.5. The van der Waals surface area contributed by atoms with Crippen molar-refractivity contribution >= 4 is 11.9 Å². The molecular formula is C17H25NO3. The largest absolute Gasteiger partial charge is 0.481 e. The van der Waals surface area contributed by atoms with Crippen molar-refractivity contribution in [3.05, 3.63) is 12.2 Å². The number of carbonyl (C=O) groups is 2. The fourth-order valence-electron chi connectivity index (χ4n) is 4.35. The molecule has 4 nitrogen and oxygen atoms in total.